The molecule has 2 rings (SSSR count). The van der Waals surface area contributed by atoms with Crippen LogP contribution in [0.5, 0.6) is 5.75 Å². The van der Waals surface area contributed by atoms with E-state index >= 15 is 0 Å². The average molecular weight is 423 g/mol. The van der Waals surface area contributed by atoms with E-state index < -0.39 is 6.10 Å². The van der Waals surface area contributed by atoms with Gasteiger partial charge in [0, 0.05) is 26.6 Å². The lowest BCUT2D eigenvalue weighted by atomic mass is 10.2. The predicted molar refractivity (Wildman–Crippen MR) is 85.4 cm³/mol. The van der Waals surface area contributed by atoms with Crippen LogP contribution in [0.25, 0.3) is 0 Å². The molecule has 0 saturated carbocycles. The molecule has 0 radical (unpaired) electrons. The van der Waals surface area contributed by atoms with Crippen LogP contribution in [0.3, 0.4) is 0 Å². The van der Waals surface area contributed by atoms with Gasteiger partial charge in [-0.25, -0.2) is 4.79 Å². The van der Waals surface area contributed by atoms with E-state index in [0.717, 1.165) is 27.6 Å². The fraction of sp³-hybridized carbons (Fsp3) is 0.500. The minimum absolute atomic E-state index is 0.306. The quantitative estimate of drug-likeness (QED) is 0.540. The van der Waals surface area contributed by atoms with Crippen LogP contribution in [0.4, 0.5) is 0 Å². The first kappa shape index (κ1) is 16.7. The molecule has 0 bridgehead atoms. The highest BCUT2D eigenvalue weighted by atomic mass is 79.9. The van der Waals surface area contributed by atoms with Crippen LogP contribution in [0.2, 0.25) is 0 Å². The number of rotatable bonds is 7. The van der Waals surface area contributed by atoms with Crippen LogP contribution in [-0.4, -0.2) is 38.9 Å². The van der Waals surface area contributed by atoms with Gasteiger partial charge in [0.05, 0.1) is 22.2 Å². The van der Waals surface area contributed by atoms with E-state index in [2.05, 4.69) is 37.2 Å². The van der Waals surface area contributed by atoms with Crippen molar-refractivity contribution in [2.24, 2.45) is 0 Å². The molecule has 1 fully saturated rings. The SMILES string of the molecule is COCCNCc1cc(Br)c(OC2CCOC2=O)c(Br)c1. The Labute approximate surface area is 140 Å². The van der Waals surface area contributed by atoms with Crippen molar-refractivity contribution < 1.29 is 19.0 Å². The monoisotopic (exact) mass is 421 g/mol. The number of halogens is 2. The number of nitrogens with one attached hydrogen (secondary N) is 1. The van der Waals surface area contributed by atoms with Gasteiger partial charge in [-0.2, -0.15) is 0 Å². The number of hydrogen-bond acceptors (Lipinski definition) is 5. The third-order valence-electron chi connectivity index (χ3n) is 3.02. The smallest absolute Gasteiger partial charge is 0.347 e. The van der Waals surface area contributed by atoms with Crippen molar-refractivity contribution >= 4 is 37.8 Å². The van der Waals surface area contributed by atoms with Gasteiger partial charge >= 0.3 is 5.97 Å². The minimum Gasteiger partial charge on any atom is -0.476 e. The Balaban J connectivity index is 2.01. The van der Waals surface area contributed by atoms with Gasteiger partial charge in [-0.1, -0.05) is 0 Å². The van der Waals surface area contributed by atoms with Crippen molar-refractivity contribution in [3.05, 3.63) is 26.6 Å². The maximum Gasteiger partial charge on any atom is 0.347 e. The molecule has 1 saturated heterocycles. The molecule has 1 N–H and O–H groups in total. The van der Waals surface area contributed by atoms with Crippen molar-refractivity contribution in [3.8, 4) is 5.75 Å². The molecule has 1 atom stereocenters. The maximum atomic E-state index is 11.5. The molecular weight excluding hydrogens is 406 g/mol. The Morgan fingerprint density at radius 2 is 2.10 bits per heavy atom. The molecule has 0 spiro atoms. The van der Waals surface area contributed by atoms with Crippen molar-refractivity contribution in [1.29, 1.82) is 0 Å². The first-order chi connectivity index (χ1) is 10.1. The van der Waals surface area contributed by atoms with E-state index in [1.54, 1.807) is 7.11 Å². The lowest BCUT2D eigenvalue weighted by molar-refractivity contribution is -0.143. The Morgan fingerprint density at radius 1 is 1.38 bits per heavy atom. The van der Waals surface area contributed by atoms with Crippen LogP contribution in [0.1, 0.15) is 12.0 Å². The number of esters is 1. The first-order valence-corrected chi connectivity index (χ1v) is 8.21. The lowest BCUT2D eigenvalue weighted by Crippen LogP contribution is -2.22. The number of ether oxygens (including phenoxy) is 3. The minimum atomic E-state index is -0.525. The van der Waals surface area contributed by atoms with Gasteiger partial charge in [0.15, 0.2) is 6.10 Å². The Kier molecular flexibility index (Phi) is 6.47. The molecular formula is C14H17Br2NO4. The molecule has 0 aliphatic carbocycles. The molecule has 0 aromatic heterocycles. The summed E-state index contributed by atoms with van der Waals surface area (Å²) in [6.07, 6.45) is 0.0566. The Hall–Kier alpha value is -0.630. The van der Waals surface area contributed by atoms with Gasteiger partial charge in [-0.3, -0.25) is 0 Å². The summed E-state index contributed by atoms with van der Waals surface area (Å²) in [5.74, 6) is 0.318. The summed E-state index contributed by atoms with van der Waals surface area (Å²) in [6.45, 7) is 2.61. The molecule has 1 aliphatic rings. The zero-order valence-corrected chi connectivity index (χ0v) is 14.8. The third-order valence-corrected chi connectivity index (χ3v) is 4.20. The summed E-state index contributed by atoms with van der Waals surface area (Å²) < 4.78 is 17.2. The number of carbonyl (C=O) groups is 1. The Morgan fingerprint density at radius 3 is 2.67 bits per heavy atom. The largest absolute Gasteiger partial charge is 0.476 e. The van der Waals surface area contributed by atoms with Crippen molar-refractivity contribution in [3.63, 3.8) is 0 Å². The third kappa shape index (κ3) is 4.67. The van der Waals surface area contributed by atoms with Crippen LogP contribution in [0, 0.1) is 0 Å². The van der Waals surface area contributed by atoms with Gasteiger partial charge in [0.25, 0.3) is 0 Å². The summed E-state index contributed by atoms with van der Waals surface area (Å²) in [5, 5.41) is 3.28. The summed E-state index contributed by atoms with van der Waals surface area (Å²) >= 11 is 6.98. The summed E-state index contributed by atoms with van der Waals surface area (Å²) in [6, 6.07) is 3.94. The molecule has 21 heavy (non-hydrogen) atoms. The molecule has 0 amide bonds. The van der Waals surface area contributed by atoms with Crippen molar-refractivity contribution in [1.82, 2.24) is 5.32 Å². The fourth-order valence-electron chi connectivity index (χ4n) is 1.96. The Bertz CT molecular complexity index is 487. The van der Waals surface area contributed by atoms with Crippen LogP contribution in [-0.2, 0) is 20.8 Å². The number of hydrogen-bond donors (Lipinski definition) is 1. The molecule has 1 aromatic carbocycles. The highest BCUT2D eigenvalue weighted by Crippen LogP contribution is 2.36. The van der Waals surface area contributed by atoms with Gasteiger partial charge in [-0.15, -0.1) is 0 Å². The van der Waals surface area contributed by atoms with E-state index in [0.29, 0.717) is 25.4 Å². The second kappa shape index (κ2) is 8.12. The highest BCUT2D eigenvalue weighted by Gasteiger charge is 2.29. The molecule has 1 aliphatic heterocycles. The fourth-order valence-corrected chi connectivity index (χ4v) is 3.43. The average Bonchev–Trinajstić information content (AvgIpc) is 2.84. The first-order valence-electron chi connectivity index (χ1n) is 6.62. The zero-order chi connectivity index (χ0) is 15.2. The molecule has 1 aromatic rings. The second-order valence-electron chi connectivity index (χ2n) is 4.62. The number of carbonyl (C=O) groups excluding carboxylic acids is 1. The van der Waals surface area contributed by atoms with Crippen LogP contribution in [0.15, 0.2) is 21.1 Å². The van der Waals surface area contributed by atoms with Crippen molar-refractivity contribution in [2.75, 3.05) is 26.9 Å². The van der Waals surface area contributed by atoms with E-state index in [1.165, 1.54) is 0 Å². The van der Waals surface area contributed by atoms with Gasteiger partial charge < -0.3 is 19.5 Å². The highest BCUT2D eigenvalue weighted by molar-refractivity contribution is 9.11. The second-order valence-corrected chi connectivity index (χ2v) is 6.33. The van der Waals surface area contributed by atoms with Gasteiger partial charge in [0.2, 0.25) is 0 Å². The summed E-state index contributed by atoms with van der Waals surface area (Å²) in [4.78, 5) is 11.5. The standard InChI is InChI=1S/C14H17Br2NO4/c1-19-5-3-17-8-9-6-10(15)13(11(16)7-9)21-12-2-4-20-14(12)18/h6-7,12,17H,2-5,8H2,1H3. The number of cyclic esters (lactones) is 1. The van der Waals surface area contributed by atoms with Crippen molar-refractivity contribution in [2.45, 2.75) is 19.1 Å². The predicted octanol–water partition coefficient (Wildman–Crippen LogP) is 2.64. The zero-order valence-electron chi connectivity index (χ0n) is 11.7. The van der Waals surface area contributed by atoms with E-state index in [9.17, 15) is 4.79 Å². The summed E-state index contributed by atoms with van der Waals surface area (Å²) in [7, 11) is 1.68. The van der Waals surface area contributed by atoms with Crippen LogP contribution >= 0.6 is 31.9 Å². The summed E-state index contributed by atoms with van der Waals surface area (Å²) in [5.41, 5.74) is 1.10. The number of benzene rings is 1. The molecule has 7 heteroatoms. The van der Waals surface area contributed by atoms with E-state index in [-0.39, 0.29) is 5.97 Å². The molecule has 1 unspecified atom stereocenters. The topological polar surface area (TPSA) is 56.8 Å². The lowest BCUT2D eigenvalue weighted by Gasteiger charge is -2.15. The molecule has 116 valence electrons. The maximum absolute atomic E-state index is 11.5. The van der Waals surface area contributed by atoms with E-state index in [4.69, 9.17) is 14.2 Å². The van der Waals surface area contributed by atoms with E-state index in [1.807, 2.05) is 12.1 Å². The molecule has 1 heterocycles. The van der Waals surface area contributed by atoms with Gasteiger partial charge in [0.1, 0.15) is 5.75 Å². The van der Waals surface area contributed by atoms with Crippen LogP contribution < -0.4 is 10.1 Å². The molecule has 5 nitrogen and oxygen atoms in total. The number of methoxy groups -OCH3 is 1. The normalized spacial score (nSPS) is 17.9. The van der Waals surface area contributed by atoms with Gasteiger partial charge in [-0.05, 0) is 49.6 Å².